The van der Waals surface area contributed by atoms with Gasteiger partial charge in [0.25, 0.3) is 0 Å². The van der Waals surface area contributed by atoms with E-state index in [4.69, 9.17) is 0 Å². The van der Waals surface area contributed by atoms with Crippen molar-refractivity contribution in [3.8, 4) is 0 Å². The number of benzene rings is 1. The second-order valence-corrected chi connectivity index (χ2v) is 3.74. The third-order valence-electron chi connectivity index (χ3n) is 2.64. The normalized spacial score (nSPS) is 10.7. The van der Waals surface area contributed by atoms with Crippen LogP contribution < -0.4 is 0 Å². The van der Waals surface area contributed by atoms with Crippen molar-refractivity contribution in [1.82, 2.24) is 4.57 Å². The predicted octanol–water partition coefficient (Wildman–Crippen LogP) is 2.79. The lowest BCUT2D eigenvalue weighted by Gasteiger charge is -2.01. The summed E-state index contributed by atoms with van der Waals surface area (Å²) in [4.78, 5) is 10.6. The van der Waals surface area contributed by atoms with E-state index in [0.29, 0.717) is 6.42 Å². The first kappa shape index (κ1) is 9.97. The molecule has 0 aliphatic rings. The number of aldehydes is 1. The van der Waals surface area contributed by atoms with Crippen LogP contribution in [-0.4, -0.2) is 10.9 Å². The molecule has 2 nitrogen and oxygen atoms in total. The molecule has 1 aromatic heterocycles. The fourth-order valence-electron chi connectivity index (χ4n) is 2.00. The molecule has 2 heteroatoms. The van der Waals surface area contributed by atoms with Crippen molar-refractivity contribution in [2.24, 2.45) is 0 Å². The van der Waals surface area contributed by atoms with Crippen LogP contribution in [0.3, 0.4) is 0 Å². The molecular formula is C13H15NO. The van der Waals surface area contributed by atoms with Crippen LogP contribution in [0.15, 0.2) is 30.5 Å². The second kappa shape index (κ2) is 4.30. The highest BCUT2D eigenvalue weighted by atomic mass is 16.1. The second-order valence-electron chi connectivity index (χ2n) is 3.74. The minimum absolute atomic E-state index is 0.511. The van der Waals surface area contributed by atoms with E-state index in [1.807, 2.05) is 12.1 Å². The van der Waals surface area contributed by atoms with E-state index in [1.165, 1.54) is 10.9 Å². The number of fused-ring (bicyclic) bond motifs is 1. The summed E-state index contributed by atoms with van der Waals surface area (Å²) >= 11 is 0. The maximum absolute atomic E-state index is 10.6. The Hall–Kier alpha value is -1.57. The lowest BCUT2D eigenvalue weighted by Crippen LogP contribution is -1.93. The van der Waals surface area contributed by atoms with Gasteiger partial charge >= 0.3 is 0 Å². The van der Waals surface area contributed by atoms with E-state index in [-0.39, 0.29) is 0 Å². The average molecular weight is 201 g/mol. The Morgan fingerprint density at radius 2 is 2.13 bits per heavy atom. The minimum atomic E-state index is 0.511. The van der Waals surface area contributed by atoms with Crippen LogP contribution in [0, 0.1) is 0 Å². The van der Waals surface area contributed by atoms with Crippen molar-refractivity contribution in [3.05, 3.63) is 36.0 Å². The Labute approximate surface area is 89.5 Å². The predicted molar refractivity (Wildman–Crippen MR) is 62.0 cm³/mol. The van der Waals surface area contributed by atoms with Gasteiger partial charge in [-0.25, -0.2) is 0 Å². The van der Waals surface area contributed by atoms with Gasteiger partial charge in [0, 0.05) is 30.1 Å². The van der Waals surface area contributed by atoms with Crippen molar-refractivity contribution in [3.63, 3.8) is 0 Å². The van der Waals surface area contributed by atoms with Crippen LogP contribution in [0.25, 0.3) is 10.9 Å². The van der Waals surface area contributed by atoms with Crippen LogP contribution in [-0.2, 0) is 17.8 Å². The molecular weight excluding hydrogens is 186 g/mol. The summed E-state index contributed by atoms with van der Waals surface area (Å²) in [6.45, 7) is 3.17. The number of carbonyl (C=O) groups is 1. The van der Waals surface area contributed by atoms with Gasteiger partial charge < -0.3 is 9.36 Å². The van der Waals surface area contributed by atoms with E-state index in [2.05, 4.69) is 29.8 Å². The van der Waals surface area contributed by atoms with Gasteiger partial charge in [0.05, 0.1) is 0 Å². The summed E-state index contributed by atoms with van der Waals surface area (Å²) < 4.78 is 2.23. The van der Waals surface area contributed by atoms with E-state index in [1.54, 1.807) is 0 Å². The van der Waals surface area contributed by atoms with Crippen molar-refractivity contribution >= 4 is 17.2 Å². The zero-order chi connectivity index (χ0) is 10.7. The van der Waals surface area contributed by atoms with Gasteiger partial charge in [-0.05, 0) is 18.1 Å². The molecule has 0 fully saturated rings. The third kappa shape index (κ3) is 1.80. The fraction of sp³-hybridized carbons (Fsp3) is 0.308. The molecule has 0 spiro atoms. The molecule has 0 aliphatic carbocycles. The number of carbonyl (C=O) groups excluding carboxylic acids is 1. The van der Waals surface area contributed by atoms with Crippen molar-refractivity contribution in [2.75, 3.05) is 0 Å². The van der Waals surface area contributed by atoms with Gasteiger partial charge in [0.2, 0.25) is 0 Å². The smallest absolute Gasteiger partial charge is 0.124 e. The van der Waals surface area contributed by atoms with Gasteiger partial charge in [-0.3, -0.25) is 0 Å². The van der Waals surface area contributed by atoms with E-state index >= 15 is 0 Å². The summed E-state index contributed by atoms with van der Waals surface area (Å²) in [5.74, 6) is 0. The summed E-state index contributed by atoms with van der Waals surface area (Å²) in [6.07, 6.45) is 4.69. The fourth-order valence-corrected chi connectivity index (χ4v) is 2.00. The first-order valence-corrected chi connectivity index (χ1v) is 5.37. The zero-order valence-electron chi connectivity index (χ0n) is 8.94. The molecule has 0 atom stereocenters. The molecule has 0 aliphatic heterocycles. The van der Waals surface area contributed by atoms with Gasteiger partial charge in [-0.15, -0.1) is 0 Å². The molecule has 15 heavy (non-hydrogen) atoms. The Kier molecular flexibility index (Phi) is 2.86. The molecule has 0 N–H and O–H groups in total. The van der Waals surface area contributed by atoms with Crippen molar-refractivity contribution in [1.29, 1.82) is 0 Å². The van der Waals surface area contributed by atoms with Gasteiger partial charge in [-0.2, -0.15) is 0 Å². The maximum Gasteiger partial charge on any atom is 0.124 e. The summed E-state index contributed by atoms with van der Waals surface area (Å²) in [5.41, 5.74) is 2.37. The molecule has 1 heterocycles. The quantitative estimate of drug-likeness (QED) is 0.697. The number of para-hydroxylation sites is 1. The van der Waals surface area contributed by atoms with E-state index < -0.39 is 0 Å². The Morgan fingerprint density at radius 1 is 1.33 bits per heavy atom. The molecule has 0 saturated heterocycles. The molecule has 78 valence electrons. The molecule has 2 rings (SSSR count). The number of aryl methyl sites for hydroxylation is 1. The largest absolute Gasteiger partial charge is 0.347 e. The van der Waals surface area contributed by atoms with Crippen LogP contribution in [0.1, 0.15) is 18.9 Å². The van der Waals surface area contributed by atoms with Gasteiger partial charge in [0.15, 0.2) is 0 Å². The first-order valence-electron chi connectivity index (χ1n) is 5.37. The van der Waals surface area contributed by atoms with Gasteiger partial charge in [0.1, 0.15) is 6.29 Å². The van der Waals surface area contributed by atoms with Crippen LogP contribution >= 0.6 is 0 Å². The standard InChI is InChI=1S/C13H15NO/c1-2-8-14-10-11(7-9-15)12-5-3-4-6-13(12)14/h3-6,9-10H,2,7-8H2,1H3. The monoisotopic (exact) mass is 201 g/mol. The molecule has 0 unspecified atom stereocenters. The van der Waals surface area contributed by atoms with Crippen LogP contribution in [0.2, 0.25) is 0 Å². The lowest BCUT2D eigenvalue weighted by atomic mass is 10.1. The number of hydrogen-bond donors (Lipinski definition) is 0. The van der Waals surface area contributed by atoms with Crippen molar-refractivity contribution < 1.29 is 4.79 Å². The minimum Gasteiger partial charge on any atom is -0.347 e. The van der Waals surface area contributed by atoms with Crippen molar-refractivity contribution in [2.45, 2.75) is 26.3 Å². The average Bonchev–Trinajstić information content (AvgIpc) is 2.59. The number of aromatic nitrogens is 1. The number of nitrogens with zero attached hydrogens (tertiary/aromatic N) is 1. The molecule has 0 amide bonds. The molecule has 1 aromatic carbocycles. The third-order valence-corrected chi connectivity index (χ3v) is 2.64. The Morgan fingerprint density at radius 3 is 2.87 bits per heavy atom. The Balaban J connectivity index is 2.56. The topological polar surface area (TPSA) is 22.0 Å². The molecule has 0 saturated carbocycles. The summed E-state index contributed by atoms with van der Waals surface area (Å²) in [6, 6.07) is 8.26. The van der Waals surface area contributed by atoms with E-state index in [9.17, 15) is 4.79 Å². The van der Waals surface area contributed by atoms with Gasteiger partial charge in [-0.1, -0.05) is 25.1 Å². The highest BCUT2D eigenvalue weighted by Gasteiger charge is 2.06. The van der Waals surface area contributed by atoms with Crippen LogP contribution in [0.4, 0.5) is 0 Å². The van der Waals surface area contributed by atoms with Crippen LogP contribution in [0.5, 0.6) is 0 Å². The highest BCUT2D eigenvalue weighted by Crippen LogP contribution is 2.21. The van der Waals surface area contributed by atoms with E-state index in [0.717, 1.165) is 24.8 Å². The molecule has 0 radical (unpaired) electrons. The SMILES string of the molecule is CCCn1cc(CC=O)c2ccccc21. The summed E-state index contributed by atoms with van der Waals surface area (Å²) in [7, 11) is 0. The first-order chi connectivity index (χ1) is 7.36. The maximum atomic E-state index is 10.6. The lowest BCUT2D eigenvalue weighted by molar-refractivity contribution is -0.107. The zero-order valence-corrected chi connectivity index (χ0v) is 8.94. The highest BCUT2D eigenvalue weighted by molar-refractivity contribution is 5.85. The Bertz CT molecular complexity index is 470. The number of hydrogen-bond acceptors (Lipinski definition) is 1. The molecule has 0 bridgehead atoms. The summed E-state index contributed by atoms with van der Waals surface area (Å²) in [5, 5.41) is 1.21. The molecule has 2 aromatic rings. The number of rotatable bonds is 4.